The number of fused-ring (bicyclic) bond motifs is 11. The van der Waals surface area contributed by atoms with Crippen molar-refractivity contribution in [2.45, 2.75) is 0 Å². The third kappa shape index (κ3) is 5.38. The monoisotopic (exact) mass is 829 g/mol. The number of furan rings is 1. The first-order valence-corrected chi connectivity index (χ1v) is 21.9. The van der Waals surface area contributed by atoms with Crippen molar-refractivity contribution in [3.05, 3.63) is 212 Å². The topological polar surface area (TPSA) is 61.7 Å². The van der Waals surface area contributed by atoms with Crippen LogP contribution in [0.5, 0.6) is 0 Å². The molecule has 0 aliphatic rings. The van der Waals surface area contributed by atoms with E-state index in [-0.39, 0.29) is 0 Å². The summed E-state index contributed by atoms with van der Waals surface area (Å²) in [5, 5.41) is 11.2. The Kier molecular flexibility index (Phi) is 7.59. The molecule has 14 rings (SSSR count). The second-order valence-electron chi connectivity index (χ2n) is 16.8. The highest BCUT2D eigenvalue weighted by molar-refractivity contribution is 6.16. The van der Waals surface area contributed by atoms with Gasteiger partial charge >= 0.3 is 0 Å². The predicted molar refractivity (Wildman–Crippen MR) is 267 cm³/mol. The zero-order valence-electron chi connectivity index (χ0n) is 34.9. The maximum atomic E-state index is 6.67. The van der Waals surface area contributed by atoms with Crippen molar-refractivity contribution in [2.75, 3.05) is 0 Å². The van der Waals surface area contributed by atoms with Gasteiger partial charge in [-0.3, -0.25) is 0 Å². The fourth-order valence-electron chi connectivity index (χ4n) is 10.2. The minimum atomic E-state index is 0.561. The van der Waals surface area contributed by atoms with Crippen LogP contribution in [0.15, 0.2) is 217 Å². The normalized spacial score (nSPS) is 12.0. The molecule has 0 aliphatic heterocycles. The first-order valence-electron chi connectivity index (χ1n) is 21.9. The highest BCUT2D eigenvalue weighted by atomic mass is 16.3. The van der Waals surface area contributed by atoms with Crippen LogP contribution in [0.3, 0.4) is 0 Å². The van der Waals surface area contributed by atoms with Gasteiger partial charge in [-0.05, 0) is 76.1 Å². The number of para-hydroxylation sites is 5. The number of aromatic nitrogens is 5. The van der Waals surface area contributed by atoms with Gasteiger partial charge in [-0.15, -0.1) is 0 Å². The molecule has 302 valence electrons. The van der Waals surface area contributed by atoms with Crippen molar-refractivity contribution >= 4 is 87.1 Å². The quantitative estimate of drug-likeness (QED) is 0.173. The summed E-state index contributed by atoms with van der Waals surface area (Å²) in [5.74, 6) is 1.74. The molecule has 0 atom stereocenters. The lowest BCUT2D eigenvalue weighted by atomic mass is 10.0. The summed E-state index contributed by atoms with van der Waals surface area (Å²) in [4.78, 5) is 16.6. The Hall–Kier alpha value is -8.87. The molecule has 0 radical (unpaired) electrons. The second kappa shape index (κ2) is 13.8. The smallest absolute Gasteiger partial charge is 0.166 e. The molecular weight excluding hydrogens is 795 g/mol. The average Bonchev–Trinajstić information content (AvgIpc) is 4.02. The van der Waals surface area contributed by atoms with E-state index in [2.05, 4.69) is 209 Å². The lowest BCUT2D eigenvalue weighted by molar-refractivity contribution is 0.668. The van der Waals surface area contributed by atoms with Gasteiger partial charge in [0.25, 0.3) is 0 Å². The molecule has 0 amide bonds. The molecule has 0 bridgehead atoms. The van der Waals surface area contributed by atoms with Gasteiger partial charge < -0.3 is 13.6 Å². The molecule has 65 heavy (non-hydrogen) atoms. The molecule has 0 spiro atoms. The molecule has 0 N–H and O–H groups in total. The lowest BCUT2D eigenvalue weighted by Crippen LogP contribution is -2.05. The molecule has 0 fully saturated rings. The van der Waals surface area contributed by atoms with E-state index in [0.717, 1.165) is 104 Å². The van der Waals surface area contributed by atoms with Gasteiger partial charge in [-0.25, -0.2) is 15.0 Å². The molecule has 0 aliphatic carbocycles. The Bertz CT molecular complexity index is 4250. The molecule has 4 heterocycles. The van der Waals surface area contributed by atoms with Crippen LogP contribution in [0.4, 0.5) is 0 Å². The second-order valence-corrected chi connectivity index (χ2v) is 16.8. The number of hydrogen-bond donors (Lipinski definition) is 0. The van der Waals surface area contributed by atoms with E-state index in [0.29, 0.717) is 17.5 Å². The molecule has 6 nitrogen and oxygen atoms in total. The van der Waals surface area contributed by atoms with Gasteiger partial charge in [-0.2, -0.15) is 0 Å². The molecule has 0 unspecified atom stereocenters. The summed E-state index contributed by atoms with van der Waals surface area (Å²) in [5.41, 5.74) is 10.6. The lowest BCUT2D eigenvalue weighted by Gasteiger charge is -2.16. The molecule has 14 aromatic rings. The molecule has 0 saturated carbocycles. The predicted octanol–water partition coefficient (Wildman–Crippen LogP) is 15.3. The molecule has 10 aromatic carbocycles. The standard InChI is InChI=1S/C59H35N5O/c1-2-20-39(21-3-1)63-50-29-11-8-23-41(50)44-26-15-28-46(56(44)63)58-60-57(45-27-14-19-36-16-6-7-22-40(36)45)61-59(62-58)49-34-48-43-25-10-13-31-54(43)65-55(48)35-53(49)64-51-30-12-9-24-42(51)47-32-37-17-4-5-18-38(37)33-52(47)64/h1-35H. The van der Waals surface area contributed by atoms with Crippen molar-refractivity contribution in [1.82, 2.24) is 24.1 Å². The Morgan fingerprint density at radius 3 is 1.66 bits per heavy atom. The van der Waals surface area contributed by atoms with Gasteiger partial charge in [0, 0.05) is 60.8 Å². The van der Waals surface area contributed by atoms with E-state index in [1.807, 2.05) is 12.1 Å². The fourth-order valence-corrected chi connectivity index (χ4v) is 10.2. The van der Waals surface area contributed by atoms with Crippen molar-refractivity contribution < 1.29 is 4.42 Å². The minimum Gasteiger partial charge on any atom is -0.456 e. The minimum absolute atomic E-state index is 0.561. The van der Waals surface area contributed by atoms with Gasteiger partial charge in [0.05, 0.1) is 27.8 Å². The first kappa shape index (κ1) is 35.7. The Balaban J connectivity index is 1.14. The van der Waals surface area contributed by atoms with Crippen LogP contribution in [-0.4, -0.2) is 24.1 Å². The highest BCUT2D eigenvalue weighted by Gasteiger charge is 2.25. The number of hydrogen-bond acceptors (Lipinski definition) is 4. The van der Waals surface area contributed by atoms with Crippen LogP contribution in [-0.2, 0) is 0 Å². The molecule has 6 heteroatoms. The summed E-state index contributed by atoms with van der Waals surface area (Å²) >= 11 is 0. The molecule has 4 aromatic heterocycles. The van der Waals surface area contributed by atoms with E-state index in [1.165, 1.54) is 10.8 Å². The number of rotatable bonds is 5. The van der Waals surface area contributed by atoms with E-state index in [4.69, 9.17) is 19.4 Å². The van der Waals surface area contributed by atoms with E-state index in [9.17, 15) is 0 Å². The third-order valence-corrected chi connectivity index (χ3v) is 13.1. The van der Waals surface area contributed by atoms with E-state index < -0.39 is 0 Å². The number of nitrogens with zero attached hydrogens (tertiary/aromatic N) is 5. The van der Waals surface area contributed by atoms with Crippen molar-refractivity contribution in [3.8, 4) is 45.5 Å². The summed E-state index contributed by atoms with van der Waals surface area (Å²) in [6.07, 6.45) is 0. The zero-order chi connectivity index (χ0) is 42.6. The van der Waals surface area contributed by atoms with Gasteiger partial charge in [-0.1, -0.05) is 152 Å². The fraction of sp³-hybridized carbons (Fsp3) is 0. The first-order chi connectivity index (χ1) is 32.2. The van der Waals surface area contributed by atoms with Crippen LogP contribution < -0.4 is 0 Å². The molecular formula is C59H35N5O. The van der Waals surface area contributed by atoms with Gasteiger partial charge in [0.1, 0.15) is 11.2 Å². The third-order valence-electron chi connectivity index (χ3n) is 13.1. The van der Waals surface area contributed by atoms with Crippen LogP contribution in [0.2, 0.25) is 0 Å². The Morgan fingerprint density at radius 2 is 0.862 bits per heavy atom. The van der Waals surface area contributed by atoms with E-state index in [1.54, 1.807) is 0 Å². The maximum Gasteiger partial charge on any atom is 0.166 e. The van der Waals surface area contributed by atoms with Crippen LogP contribution in [0, 0.1) is 0 Å². The van der Waals surface area contributed by atoms with Gasteiger partial charge in [0.2, 0.25) is 0 Å². The summed E-state index contributed by atoms with van der Waals surface area (Å²) in [6, 6.07) is 75.0. The van der Waals surface area contributed by atoms with E-state index >= 15 is 0 Å². The van der Waals surface area contributed by atoms with Crippen molar-refractivity contribution in [2.24, 2.45) is 0 Å². The average molecular weight is 830 g/mol. The highest BCUT2D eigenvalue weighted by Crippen LogP contribution is 2.43. The summed E-state index contributed by atoms with van der Waals surface area (Å²) < 4.78 is 11.4. The van der Waals surface area contributed by atoms with Crippen molar-refractivity contribution in [3.63, 3.8) is 0 Å². The SMILES string of the molecule is c1ccc(-n2c3ccccc3c3cccc(-c4nc(-c5cc6c(cc5-n5c7ccccc7c7cc8ccccc8cc75)oc5ccccc56)nc(-c5cccc6ccccc56)n4)c32)cc1. The van der Waals surface area contributed by atoms with Crippen LogP contribution in [0.1, 0.15) is 0 Å². The maximum absolute atomic E-state index is 6.67. The largest absolute Gasteiger partial charge is 0.456 e. The summed E-state index contributed by atoms with van der Waals surface area (Å²) in [6.45, 7) is 0. The summed E-state index contributed by atoms with van der Waals surface area (Å²) in [7, 11) is 0. The Labute approximate surface area is 371 Å². The van der Waals surface area contributed by atoms with Crippen LogP contribution in [0.25, 0.3) is 133 Å². The number of benzene rings is 10. The van der Waals surface area contributed by atoms with Crippen LogP contribution >= 0.6 is 0 Å². The Morgan fingerprint density at radius 1 is 0.308 bits per heavy atom. The van der Waals surface area contributed by atoms with Crippen molar-refractivity contribution in [1.29, 1.82) is 0 Å². The zero-order valence-corrected chi connectivity index (χ0v) is 34.9. The van der Waals surface area contributed by atoms with Gasteiger partial charge in [0.15, 0.2) is 17.5 Å². The molecule has 0 saturated heterocycles.